The number of rotatable bonds is 5. The standard InChI is InChI=1S/C20H20N2OS2/c1-2-17-21-19(24-12-15(23)13-8-4-3-5-9-13)18-14-10-6-7-11-16(14)25-20(18)22-17/h3-5,8-9H,2,6-7,10-12H2,1H3. The third kappa shape index (κ3) is 3.35. The minimum absolute atomic E-state index is 0.152. The van der Waals surface area contributed by atoms with Gasteiger partial charge in [0.15, 0.2) is 5.78 Å². The highest BCUT2D eigenvalue weighted by atomic mass is 32.2. The second kappa shape index (κ2) is 7.26. The van der Waals surface area contributed by atoms with E-state index in [9.17, 15) is 4.79 Å². The maximum absolute atomic E-state index is 12.5. The van der Waals surface area contributed by atoms with Crippen LogP contribution in [0.15, 0.2) is 35.4 Å². The number of aromatic nitrogens is 2. The molecule has 0 saturated heterocycles. The predicted molar refractivity (Wildman–Crippen MR) is 105 cm³/mol. The highest BCUT2D eigenvalue weighted by molar-refractivity contribution is 8.00. The molecule has 3 aromatic rings. The van der Waals surface area contributed by atoms with Gasteiger partial charge in [0, 0.05) is 22.2 Å². The van der Waals surface area contributed by atoms with Gasteiger partial charge in [-0.15, -0.1) is 11.3 Å². The summed E-state index contributed by atoms with van der Waals surface area (Å²) in [5.74, 6) is 1.45. The van der Waals surface area contributed by atoms with E-state index in [1.807, 2.05) is 41.7 Å². The molecule has 1 aliphatic carbocycles. The van der Waals surface area contributed by atoms with Crippen molar-refractivity contribution in [2.45, 2.75) is 44.1 Å². The van der Waals surface area contributed by atoms with Crippen molar-refractivity contribution in [1.29, 1.82) is 0 Å². The Kier molecular flexibility index (Phi) is 4.86. The van der Waals surface area contributed by atoms with Gasteiger partial charge in [0.05, 0.1) is 5.75 Å². The highest BCUT2D eigenvalue weighted by Gasteiger charge is 2.21. The normalized spacial score (nSPS) is 13.8. The van der Waals surface area contributed by atoms with Gasteiger partial charge in [-0.3, -0.25) is 4.79 Å². The second-order valence-electron chi connectivity index (χ2n) is 6.27. The largest absolute Gasteiger partial charge is 0.293 e. The molecule has 2 heterocycles. The van der Waals surface area contributed by atoms with Crippen molar-refractivity contribution in [3.05, 3.63) is 52.2 Å². The van der Waals surface area contributed by atoms with Crippen LogP contribution in [0.1, 0.15) is 46.4 Å². The molecule has 2 aromatic heterocycles. The Morgan fingerprint density at radius 1 is 1.16 bits per heavy atom. The van der Waals surface area contributed by atoms with Crippen LogP contribution in [0.5, 0.6) is 0 Å². The quantitative estimate of drug-likeness (QED) is 0.357. The molecule has 1 aromatic carbocycles. The highest BCUT2D eigenvalue weighted by Crippen LogP contribution is 2.39. The molecule has 1 aliphatic rings. The molecule has 0 bridgehead atoms. The van der Waals surface area contributed by atoms with E-state index in [0.29, 0.717) is 5.75 Å². The summed E-state index contributed by atoms with van der Waals surface area (Å²) < 4.78 is 0. The molecule has 0 aliphatic heterocycles. The van der Waals surface area contributed by atoms with Crippen molar-refractivity contribution in [3.63, 3.8) is 0 Å². The lowest BCUT2D eigenvalue weighted by Crippen LogP contribution is -2.04. The number of aryl methyl sites for hydroxylation is 3. The molecule has 0 fully saturated rings. The summed E-state index contributed by atoms with van der Waals surface area (Å²) in [6, 6.07) is 9.50. The van der Waals surface area contributed by atoms with Crippen molar-refractivity contribution in [2.75, 3.05) is 5.75 Å². The summed E-state index contributed by atoms with van der Waals surface area (Å²) in [6.07, 6.45) is 5.60. The van der Waals surface area contributed by atoms with Crippen LogP contribution < -0.4 is 0 Å². The number of carbonyl (C=O) groups excluding carboxylic acids is 1. The Morgan fingerprint density at radius 3 is 2.76 bits per heavy atom. The monoisotopic (exact) mass is 368 g/mol. The maximum Gasteiger partial charge on any atom is 0.173 e. The number of hydrogen-bond donors (Lipinski definition) is 0. The number of Topliss-reactive ketones (excluding diaryl/α,β-unsaturated/α-hetero) is 1. The molecule has 0 N–H and O–H groups in total. The van der Waals surface area contributed by atoms with Crippen LogP contribution in [-0.2, 0) is 19.3 Å². The Hall–Kier alpha value is -1.72. The minimum Gasteiger partial charge on any atom is -0.293 e. The average Bonchev–Trinajstić information content (AvgIpc) is 3.05. The van der Waals surface area contributed by atoms with Crippen LogP contribution in [0.2, 0.25) is 0 Å². The second-order valence-corrected chi connectivity index (χ2v) is 8.32. The maximum atomic E-state index is 12.5. The fourth-order valence-electron chi connectivity index (χ4n) is 3.27. The van der Waals surface area contributed by atoms with Gasteiger partial charge in [0.25, 0.3) is 0 Å². The van der Waals surface area contributed by atoms with Gasteiger partial charge < -0.3 is 0 Å². The van der Waals surface area contributed by atoms with Crippen molar-refractivity contribution in [1.82, 2.24) is 9.97 Å². The van der Waals surface area contributed by atoms with Crippen molar-refractivity contribution >= 4 is 39.1 Å². The molecule has 0 amide bonds. The van der Waals surface area contributed by atoms with Crippen LogP contribution in [0.3, 0.4) is 0 Å². The van der Waals surface area contributed by atoms with Gasteiger partial charge in [-0.1, -0.05) is 49.0 Å². The molecule has 5 heteroatoms. The van der Waals surface area contributed by atoms with Gasteiger partial charge >= 0.3 is 0 Å². The first-order chi connectivity index (χ1) is 12.3. The van der Waals surface area contributed by atoms with E-state index in [0.717, 1.165) is 40.5 Å². The molecule has 0 saturated carbocycles. The van der Waals surface area contributed by atoms with Crippen LogP contribution >= 0.6 is 23.1 Å². The number of nitrogens with zero attached hydrogens (tertiary/aromatic N) is 2. The molecule has 0 radical (unpaired) electrons. The van der Waals surface area contributed by atoms with Crippen molar-refractivity contribution in [2.24, 2.45) is 0 Å². The summed E-state index contributed by atoms with van der Waals surface area (Å²) in [5, 5.41) is 2.20. The Balaban J connectivity index is 1.68. The van der Waals surface area contributed by atoms with Gasteiger partial charge in [-0.05, 0) is 31.2 Å². The minimum atomic E-state index is 0.152. The van der Waals surface area contributed by atoms with Crippen molar-refractivity contribution < 1.29 is 4.79 Å². The zero-order chi connectivity index (χ0) is 17.2. The first kappa shape index (κ1) is 16.7. The summed E-state index contributed by atoms with van der Waals surface area (Å²) in [6.45, 7) is 2.08. The summed E-state index contributed by atoms with van der Waals surface area (Å²) in [7, 11) is 0. The third-order valence-electron chi connectivity index (χ3n) is 4.58. The zero-order valence-electron chi connectivity index (χ0n) is 14.2. The van der Waals surface area contributed by atoms with E-state index < -0.39 is 0 Å². The average molecular weight is 369 g/mol. The summed E-state index contributed by atoms with van der Waals surface area (Å²) in [4.78, 5) is 24.6. The molecule has 0 atom stereocenters. The molecule has 0 unspecified atom stereocenters. The van der Waals surface area contributed by atoms with E-state index in [-0.39, 0.29) is 5.78 Å². The molecule has 128 valence electrons. The van der Waals surface area contributed by atoms with E-state index in [1.54, 1.807) is 11.8 Å². The number of benzene rings is 1. The third-order valence-corrected chi connectivity index (χ3v) is 6.74. The number of carbonyl (C=O) groups is 1. The molecular weight excluding hydrogens is 348 g/mol. The molecule has 3 nitrogen and oxygen atoms in total. The Morgan fingerprint density at radius 2 is 1.96 bits per heavy atom. The van der Waals surface area contributed by atoms with Gasteiger partial charge in [0.2, 0.25) is 0 Å². The van der Waals surface area contributed by atoms with Crippen molar-refractivity contribution in [3.8, 4) is 0 Å². The molecular formula is C20H20N2OS2. The van der Waals surface area contributed by atoms with E-state index >= 15 is 0 Å². The van der Waals surface area contributed by atoms with E-state index in [1.165, 1.54) is 28.7 Å². The summed E-state index contributed by atoms with van der Waals surface area (Å²) >= 11 is 3.39. The first-order valence-electron chi connectivity index (χ1n) is 8.78. The molecule has 4 rings (SSSR count). The van der Waals surface area contributed by atoms with Gasteiger partial charge in [-0.25, -0.2) is 9.97 Å². The Labute approximate surface area is 155 Å². The summed E-state index contributed by atoms with van der Waals surface area (Å²) in [5.41, 5.74) is 2.20. The number of hydrogen-bond acceptors (Lipinski definition) is 5. The van der Waals surface area contributed by atoms with Crippen LogP contribution in [0.25, 0.3) is 10.2 Å². The van der Waals surface area contributed by atoms with Crippen LogP contribution in [-0.4, -0.2) is 21.5 Å². The Bertz CT molecular complexity index is 918. The number of thiophene rings is 1. The van der Waals surface area contributed by atoms with Gasteiger partial charge in [0.1, 0.15) is 15.7 Å². The van der Waals surface area contributed by atoms with Crippen LogP contribution in [0, 0.1) is 0 Å². The first-order valence-corrected chi connectivity index (χ1v) is 10.6. The van der Waals surface area contributed by atoms with E-state index in [4.69, 9.17) is 9.97 Å². The fraction of sp³-hybridized carbons (Fsp3) is 0.350. The van der Waals surface area contributed by atoms with Gasteiger partial charge in [-0.2, -0.15) is 0 Å². The fourth-order valence-corrected chi connectivity index (χ4v) is 5.58. The van der Waals surface area contributed by atoms with E-state index in [2.05, 4.69) is 6.92 Å². The molecule has 25 heavy (non-hydrogen) atoms. The van der Waals surface area contributed by atoms with Crippen LogP contribution in [0.4, 0.5) is 0 Å². The lowest BCUT2D eigenvalue weighted by Gasteiger charge is -2.12. The smallest absolute Gasteiger partial charge is 0.173 e. The zero-order valence-corrected chi connectivity index (χ0v) is 15.9. The molecule has 0 spiro atoms. The topological polar surface area (TPSA) is 42.9 Å². The number of thioether (sulfide) groups is 1. The SMILES string of the molecule is CCc1nc(SCC(=O)c2ccccc2)c2c3c(sc2n1)CCCC3. The lowest BCUT2D eigenvalue weighted by atomic mass is 9.97. The predicted octanol–water partition coefficient (Wildman–Crippen LogP) is 5.11. The number of fused-ring (bicyclic) bond motifs is 3. The lowest BCUT2D eigenvalue weighted by molar-refractivity contribution is 0.102. The number of ketones is 1.